The Bertz CT molecular complexity index is 1660. The molecule has 0 fully saturated rings. The van der Waals surface area contributed by atoms with Crippen molar-refractivity contribution < 1.29 is 62.3 Å². The molecule has 0 amide bonds. The normalized spacial score (nSPS) is 27.2. The number of esters is 6. The van der Waals surface area contributed by atoms with Crippen molar-refractivity contribution in [3.05, 3.63) is 76.1 Å². The number of aliphatic hydroxyl groups excluding tert-OH is 1. The summed E-state index contributed by atoms with van der Waals surface area (Å²) >= 11 is 0. The lowest BCUT2D eigenvalue weighted by molar-refractivity contribution is -0.152. The first-order valence-electron chi connectivity index (χ1n) is 16.9. The SMILES string of the molecule is CC(=O)OC/C1=C/C(O)C2CC(OC(C)=O)C(C)=C(C(OC(C)=O)/C(OC(C)=O)=C(/C)C(OC(C)=O)CC1OC(=O)/C=C/c1ccccc1)C2(C)C. The summed E-state index contributed by atoms with van der Waals surface area (Å²) < 4.78 is 34.5. The minimum atomic E-state index is -1.42. The third-order valence-corrected chi connectivity index (χ3v) is 9.07. The Morgan fingerprint density at radius 2 is 1.33 bits per heavy atom. The lowest BCUT2D eigenvalue weighted by Crippen LogP contribution is -2.48. The van der Waals surface area contributed by atoms with Crippen molar-refractivity contribution in [1.82, 2.24) is 0 Å². The Hall–Kier alpha value is -5.04. The number of aliphatic hydroxyl groups is 1. The minimum absolute atomic E-state index is 0.110. The largest absolute Gasteiger partial charge is 0.461 e. The average molecular weight is 725 g/mol. The second kappa shape index (κ2) is 17.9. The highest BCUT2D eigenvalue weighted by Gasteiger charge is 2.50. The van der Waals surface area contributed by atoms with E-state index in [4.69, 9.17) is 28.4 Å². The van der Waals surface area contributed by atoms with Crippen molar-refractivity contribution in [2.24, 2.45) is 11.3 Å². The van der Waals surface area contributed by atoms with Crippen LogP contribution in [0.25, 0.3) is 6.08 Å². The summed E-state index contributed by atoms with van der Waals surface area (Å²) in [6.07, 6.45) is -2.31. The molecule has 6 atom stereocenters. The van der Waals surface area contributed by atoms with E-state index in [1.54, 1.807) is 45.0 Å². The van der Waals surface area contributed by atoms with E-state index in [0.717, 1.165) is 13.8 Å². The average Bonchev–Trinajstić information content (AvgIpc) is 3.03. The van der Waals surface area contributed by atoms with Gasteiger partial charge in [-0.25, -0.2) is 4.79 Å². The van der Waals surface area contributed by atoms with E-state index in [2.05, 4.69) is 0 Å². The molecule has 0 spiro atoms. The zero-order chi connectivity index (χ0) is 38.9. The summed E-state index contributed by atoms with van der Waals surface area (Å²) in [6, 6.07) is 8.97. The fourth-order valence-electron chi connectivity index (χ4n) is 6.75. The summed E-state index contributed by atoms with van der Waals surface area (Å²) in [4.78, 5) is 75.8. The molecule has 2 aliphatic carbocycles. The quantitative estimate of drug-likeness (QED) is 0.158. The zero-order valence-electron chi connectivity index (χ0n) is 31.1. The zero-order valence-corrected chi connectivity index (χ0v) is 31.1. The van der Waals surface area contributed by atoms with Crippen molar-refractivity contribution >= 4 is 41.9 Å². The molecular formula is C39H48O13. The number of hydrogen-bond donors (Lipinski definition) is 1. The van der Waals surface area contributed by atoms with Crippen LogP contribution in [0.4, 0.5) is 0 Å². The van der Waals surface area contributed by atoms with E-state index < -0.39 is 84.3 Å². The van der Waals surface area contributed by atoms with Gasteiger partial charge < -0.3 is 33.5 Å². The molecule has 3 rings (SSSR count). The van der Waals surface area contributed by atoms with E-state index in [0.29, 0.717) is 16.7 Å². The molecule has 0 saturated carbocycles. The molecule has 0 aliphatic heterocycles. The molecule has 0 saturated heterocycles. The summed E-state index contributed by atoms with van der Waals surface area (Å²) in [7, 11) is 0. The first-order valence-corrected chi connectivity index (χ1v) is 16.9. The number of ether oxygens (including phenoxy) is 6. The van der Waals surface area contributed by atoms with Gasteiger partial charge in [-0.3, -0.25) is 24.0 Å². The summed E-state index contributed by atoms with van der Waals surface area (Å²) in [5, 5.41) is 12.0. The van der Waals surface area contributed by atoms with Gasteiger partial charge in [0.05, 0.1) is 6.10 Å². The second-order valence-corrected chi connectivity index (χ2v) is 13.4. The van der Waals surface area contributed by atoms with Gasteiger partial charge in [-0.05, 0) is 54.5 Å². The van der Waals surface area contributed by atoms with Crippen molar-refractivity contribution in [1.29, 1.82) is 0 Å². The van der Waals surface area contributed by atoms with Crippen molar-refractivity contribution in [2.45, 2.75) is 106 Å². The van der Waals surface area contributed by atoms with Gasteiger partial charge in [-0.15, -0.1) is 0 Å². The summed E-state index contributed by atoms with van der Waals surface area (Å²) in [5.41, 5.74) is 0.806. The highest BCUT2D eigenvalue weighted by Crippen LogP contribution is 2.51. The standard InChI is InChI=1S/C39H48O13/c1-21-32(48-24(4)41)18-30-31(45)17-29(20-47-23(3)40)34(52-35(46)16-15-28-13-11-10-12-14-28)19-33(49-25(5)42)22(2)37(50-26(6)43)38(51-27(7)44)36(21)39(30,8)9/h10-17,30-34,38,45H,18-20H2,1-9H3/b16-15+,29-17-,37-22+. The smallest absolute Gasteiger partial charge is 0.331 e. The third kappa shape index (κ3) is 11.0. The lowest BCUT2D eigenvalue weighted by Gasteiger charge is -2.48. The van der Waals surface area contributed by atoms with E-state index in [9.17, 15) is 33.9 Å². The van der Waals surface area contributed by atoms with Crippen molar-refractivity contribution in [2.75, 3.05) is 6.61 Å². The van der Waals surface area contributed by atoms with E-state index in [1.807, 2.05) is 6.07 Å². The van der Waals surface area contributed by atoms with Crippen LogP contribution in [-0.2, 0) is 57.2 Å². The third-order valence-electron chi connectivity index (χ3n) is 9.07. The van der Waals surface area contributed by atoms with Crippen molar-refractivity contribution in [3.63, 3.8) is 0 Å². The van der Waals surface area contributed by atoms with Gasteiger partial charge in [0.2, 0.25) is 0 Å². The van der Waals surface area contributed by atoms with Crippen LogP contribution >= 0.6 is 0 Å². The fraction of sp³-hybridized carbons (Fsp3) is 0.487. The predicted molar refractivity (Wildman–Crippen MR) is 186 cm³/mol. The minimum Gasteiger partial charge on any atom is -0.461 e. The van der Waals surface area contributed by atoms with Crippen LogP contribution in [0.2, 0.25) is 0 Å². The van der Waals surface area contributed by atoms with Gasteiger partial charge in [-0.1, -0.05) is 44.2 Å². The molecule has 0 radical (unpaired) electrons. The van der Waals surface area contributed by atoms with E-state index in [1.165, 1.54) is 45.9 Å². The maximum atomic E-state index is 13.4. The Labute approximate surface area is 303 Å². The Morgan fingerprint density at radius 3 is 1.87 bits per heavy atom. The Balaban J connectivity index is 2.42. The molecule has 2 aliphatic rings. The van der Waals surface area contributed by atoms with Crippen LogP contribution in [0.5, 0.6) is 0 Å². The van der Waals surface area contributed by atoms with Gasteiger partial charge in [0.1, 0.15) is 24.9 Å². The van der Waals surface area contributed by atoms with Gasteiger partial charge in [0.15, 0.2) is 11.9 Å². The highest BCUT2D eigenvalue weighted by atomic mass is 16.6. The van der Waals surface area contributed by atoms with Crippen LogP contribution in [0.3, 0.4) is 0 Å². The van der Waals surface area contributed by atoms with Crippen LogP contribution in [0, 0.1) is 11.3 Å². The number of rotatable bonds is 9. The van der Waals surface area contributed by atoms with Gasteiger partial charge in [-0.2, -0.15) is 0 Å². The lowest BCUT2D eigenvalue weighted by atomic mass is 9.60. The molecule has 2 bridgehead atoms. The van der Waals surface area contributed by atoms with E-state index in [-0.39, 0.29) is 29.7 Å². The highest BCUT2D eigenvalue weighted by molar-refractivity contribution is 5.87. The Kier molecular flexibility index (Phi) is 14.3. The molecule has 0 aromatic heterocycles. The number of hydrogen-bond acceptors (Lipinski definition) is 13. The summed E-state index contributed by atoms with van der Waals surface area (Å²) in [6.45, 7) is 12.3. The molecular weight excluding hydrogens is 676 g/mol. The van der Waals surface area contributed by atoms with Crippen molar-refractivity contribution in [3.8, 4) is 0 Å². The first-order chi connectivity index (χ1) is 24.3. The molecule has 1 aromatic carbocycles. The Morgan fingerprint density at radius 1 is 0.750 bits per heavy atom. The van der Waals surface area contributed by atoms with Crippen LogP contribution < -0.4 is 0 Å². The number of carbonyl (C=O) groups is 6. The second-order valence-electron chi connectivity index (χ2n) is 13.4. The molecule has 13 nitrogen and oxygen atoms in total. The molecule has 282 valence electrons. The maximum Gasteiger partial charge on any atom is 0.331 e. The number of carbonyl (C=O) groups excluding carboxylic acids is 6. The van der Waals surface area contributed by atoms with Gasteiger partial charge in [0.25, 0.3) is 0 Å². The number of fused-ring (bicyclic) bond motifs is 2. The molecule has 52 heavy (non-hydrogen) atoms. The topological polar surface area (TPSA) is 178 Å². The fourth-order valence-corrected chi connectivity index (χ4v) is 6.75. The molecule has 13 heteroatoms. The van der Waals surface area contributed by atoms with Crippen LogP contribution in [0.15, 0.2) is 70.5 Å². The molecule has 0 heterocycles. The monoisotopic (exact) mass is 724 g/mol. The molecule has 1 N–H and O–H groups in total. The predicted octanol–water partition coefficient (Wildman–Crippen LogP) is 4.86. The molecule has 1 aromatic rings. The summed E-state index contributed by atoms with van der Waals surface area (Å²) in [5.74, 6) is -5.30. The van der Waals surface area contributed by atoms with Gasteiger partial charge in [0, 0.05) is 64.2 Å². The first kappa shape index (κ1) is 41.4. The maximum absolute atomic E-state index is 13.4. The molecule has 6 unspecified atom stereocenters. The number of benzene rings is 1. The van der Waals surface area contributed by atoms with E-state index >= 15 is 0 Å². The van der Waals surface area contributed by atoms with Gasteiger partial charge >= 0.3 is 35.8 Å². The van der Waals surface area contributed by atoms with Crippen LogP contribution in [0.1, 0.15) is 80.7 Å². The van der Waals surface area contributed by atoms with Crippen LogP contribution in [-0.4, -0.2) is 78.0 Å².